The molecule has 0 fully saturated rings. The molecule has 2 aromatic rings. The second kappa shape index (κ2) is 4.16. The summed E-state index contributed by atoms with van der Waals surface area (Å²) in [6.07, 6.45) is 0. The van der Waals surface area contributed by atoms with Gasteiger partial charge in [-0.25, -0.2) is 0 Å². The average molecular weight is 301 g/mol. The summed E-state index contributed by atoms with van der Waals surface area (Å²) in [4.78, 5) is 0.189. The van der Waals surface area contributed by atoms with Gasteiger partial charge < -0.3 is 0 Å². The highest BCUT2D eigenvalue weighted by molar-refractivity contribution is 9.10. The largest absolute Gasteiger partial charge is 0.297 e. The van der Waals surface area contributed by atoms with Gasteiger partial charge >= 0.3 is 0 Å². The van der Waals surface area contributed by atoms with Gasteiger partial charge in [0.05, 0.1) is 7.11 Å². The van der Waals surface area contributed by atoms with Crippen molar-refractivity contribution in [2.75, 3.05) is 7.11 Å². The van der Waals surface area contributed by atoms with E-state index in [1.54, 1.807) is 12.1 Å². The predicted octanol–water partition coefficient (Wildman–Crippen LogP) is 2.94. The lowest BCUT2D eigenvalue weighted by Gasteiger charge is -2.06. The van der Waals surface area contributed by atoms with E-state index in [0.717, 1.165) is 17.0 Å². The molecule has 3 nitrogen and oxygen atoms in total. The first-order chi connectivity index (χ1) is 7.54. The molecule has 0 aromatic heterocycles. The molecule has 0 heterocycles. The number of hydrogen-bond donors (Lipinski definition) is 0. The van der Waals surface area contributed by atoms with Gasteiger partial charge in [0.15, 0.2) is 0 Å². The van der Waals surface area contributed by atoms with Crippen molar-refractivity contribution in [3.05, 3.63) is 40.9 Å². The van der Waals surface area contributed by atoms with E-state index in [0.29, 0.717) is 5.39 Å². The maximum absolute atomic E-state index is 11.7. The van der Waals surface area contributed by atoms with Crippen LogP contribution in [0.15, 0.2) is 45.8 Å². The topological polar surface area (TPSA) is 43.4 Å². The Morgan fingerprint density at radius 3 is 2.62 bits per heavy atom. The Hall–Kier alpha value is -0.910. The number of halogens is 1. The van der Waals surface area contributed by atoms with Crippen LogP contribution in [0.5, 0.6) is 0 Å². The Bertz CT molecular complexity index is 635. The van der Waals surface area contributed by atoms with Crippen LogP contribution < -0.4 is 0 Å². The average Bonchev–Trinajstić information content (AvgIpc) is 2.28. The molecular weight excluding hydrogens is 292 g/mol. The number of rotatable bonds is 2. The Balaban J connectivity index is 2.85. The number of fused-ring (bicyclic) bond motifs is 1. The van der Waals surface area contributed by atoms with Crippen LogP contribution in [0.4, 0.5) is 0 Å². The van der Waals surface area contributed by atoms with E-state index < -0.39 is 10.1 Å². The first kappa shape index (κ1) is 11.6. The van der Waals surface area contributed by atoms with E-state index in [1.807, 2.05) is 18.2 Å². The van der Waals surface area contributed by atoms with Crippen LogP contribution in [0, 0.1) is 0 Å². The molecule has 0 radical (unpaired) electrons. The van der Waals surface area contributed by atoms with Gasteiger partial charge in [0.2, 0.25) is 0 Å². The first-order valence-electron chi connectivity index (χ1n) is 4.53. The highest BCUT2D eigenvalue weighted by atomic mass is 79.9. The van der Waals surface area contributed by atoms with Crippen molar-refractivity contribution in [3.63, 3.8) is 0 Å². The Labute approximate surface area is 102 Å². The molecule has 0 aliphatic carbocycles. The fourth-order valence-corrected chi connectivity index (χ4v) is 2.76. The van der Waals surface area contributed by atoms with Gasteiger partial charge in [0, 0.05) is 9.86 Å². The fraction of sp³-hybridized carbons (Fsp3) is 0.0909. The van der Waals surface area contributed by atoms with E-state index in [4.69, 9.17) is 0 Å². The SMILES string of the molecule is COS(=O)(=O)c1cccc2ccc(Br)cc12. The molecule has 0 unspecified atom stereocenters. The molecule has 0 spiro atoms. The summed E-state index contributed by atoms with van der Waals surface area (Å²) in [6.45, 7) is 0. The number of hydrogen-bond acceptors (Lipinski definition) is 3. The van der Waals surface area contributed by atoms with Crippen LogP contribution in [0.1, 0.15) is 0 Å². The first-order valence-corrected chi connectivity index (χ1v) is 6.73. The molecule has 0 amide bonds. The molecule has 5 heteroatoms. The second-order valence-corrected chi connectivity index (χ2v) is 5.84. The third kappa shape index (κ3) is 1.98. The van der Waals surface area contributed by atoms with Crippen molar-refractivity contribution in [2.24, 2.45) is 0 Å². The lowest BCUT2D eigenvalue weighted by Crippen LogP contribution is -2.03. The predicted molar refractivity (Wildman–Crippen MR) is 65.8 cm³/mol. The van der Waals surface area contributed by atoms with Crippen LogP contribution >= 0.6 is 15.9 Å². The zero-order chi connectivity index (χ0) is 11.8. The standard InChI is InChI=1S/C11H9BrO3S/c1-15-16(13,14)11-4-2-3-8-5-6-9(12)7-10(8)11/h2-7H,1H3. The Kier molecular flexibility index (Phi) is 3.01. The lowest BCUT2D eigenvalue weighted by molar-refractivity contribution is 0.398. The molecule has 84 valence electrons. The van der Waals surface area contributed by atoms with Crippen molar-refractivity contribution in [1.29, 1.82) is 0 Å². The van der Waals surface area contributed by atoms with Gasteiger partial charge in [-0.2, -0.15) is 8.42 Å². The van der Waals surface area contributed by atoms with Crippen LogP contribution in [0.25, 0.3) is 10.8 Å². The fourth-order valence-electron chi connectivity index (χ4n) is 1.52. The Morgan fingerprint density at radius 1 is 1.19 bits per heavy atom. The molecular formula is C11H9BrO3S. The summed E-state index contributed by atoms with van der Waals surface area (Å²) in [6, 6.07) is 10.6. The molecule has 0 saturated carbocycles. The molecule has 16 heavy (non-hydrogen) atoms. The van der Waals surface area contributed by atoms with Gasteiger partial charge in [0.25, 0.3) is 10.1 Å². The summed E-state index contributed by atoms with van der Waals surface area (Å²) in [7, 11) is -2.50. The second-order valence-electron chi connectivity index (χ2n) is 3.24. The van der Waals surface area contributed by atoms with Gasteiger partial charge in [-0.15, -0.1) is 0 Å². The van der Waals surface area contributed by atoms with Crippen molar-refractivity contribution in [3.8, 4) is 0 Å². The highest BCUT2D eigenvalue weighted by Gasteiger charge is 2.16. The molecule has 0 N–H and O–H groups in total. The molecule has 0 aliphatic rings. The maximum atomic E-state index is 11.7. The summed E-state index contributed by atoms with van der Waals surface area (Å²) < 4.78 is 28.7. The van der Waals surface area contributed by atoms with Gasteiger partial charge in [-0.3, -0.25) is 4.18 Å². The van der Waals surface area contributed by atoms with Crippen LogP contribution in [0.2, 0.25) is 0 Å². The van der Waals surface area contributed by atoms with Crippen molar-refractivity contribution < 1.29 is 12.6 Å². The van der Waals surface area contributed by atoms with E-state index in [2.05, 4.69) is 20.1 Å². The number of benzene rings is 2. The van der Waals surface area contributed by atoms with Crippen molar-refractivity contribution in [1.82, 2.24) is 0 Å². The summed E-state index contributed by atoms with van der Waals surface area (Å²) in [5.74, 6) is 0. The smallest absolute Gasteiger partial charge is 0.270 e. The summed E-state index contributed by atoms with van der Waals surface area (Å²) in [5, 5.41) is 1.51. The van der Waals surface area contributed by atoms with E-state index in [9.17, 15) is 8.42 Å². The quantitative estimate of drug-likeness (QED) is 0.801. The lowest BCUT2D eigenvalue weighted by atomic mass is 10.1. The van der Waals surface area contributed by atoms with Crippen LogP contribution in [-0.4, -0.2) is 15.5 Å². The highest BCUT2D eigenvalue weighted by Crippen LogP contribution is 2.26. The molecule has 0 aliphatic heterocycles. The maximum Gasteiger partial charge on any atom is 0.297 e. The minimum atomic E-state index is -3.66. The van der Waals surface area contributed by atoms with Crippen LogP contribution in [0.3, 0.4) is 0 Å². The normalized spacial score (nSPS) is 11.9. The van der Waals surface area contributed by atoms with E-state index in [-0.39, 0.29) is 4.90 Å². The Morgan fingerprint density at radius 2 is 1.94 bits per heavy atom. The van der Waals surface area contributed by atoms with Gasteiger partial charge in [0.1, 0.15) is 4.90 Å². The van der Waals surface area contributed by atoms with E-state index >= 15 is 0 Å². The third-order valence-corrected chi connectivity index (χ3v) is 4.12. The molecule has 0 bridgehead atoms. The van der Waals surface area contributed by atoms with Crippen molar-refractivity contribution >= 4 is 36.8 Å². The van der Waals surface area contributed by atoms with Gasteiger partial charge in [-0.1, -0.05) is 34.1 Å². The minimum Gasteiger partial charge on any atom is -0.270 e. The van der Waals surface area contributed by atoms with E-state index in [1.165, 1.54) is 6.07 Å². The molecule has 0 saturated heterocycles. The van der Waals surface area contributed by atoms with Crippen LogP contribution in [-0.2, 0) is 14.3 Å². The van der Waals surface area contributed by atoms with Gasteiger partial charge in [-0.05, 0) is 23.6 Å². The molecule has 2 rings (SSSR count). The monoisotopic (exact) mass is 300 g/mol. The zero-order valence-corrected chi connectivity index (χ0v) is 10.9. The minimum absolute atomic E-state index is 0.189. The molecule has 0 atom stereocenters. The molecule has 2 aromatic carbocycles. The van der Waals surface area contributed by atoms with Crippen molar-refractivity contribution in [2.45, 2.75) is 4.90 Å². The zero-order valence-electron chi connectivity index (χ0n) is 8.48. The summed E-state index contributed by atoms with van der Waals surface area (Å²) in [5.41, 5.74) is 0. The third-order valence-electron chi connectivity index (χ3n) is 2.29. The summed E-state index contributed by atoms with van der Waals surface area (Å²) >= 11 is 3.32.